The summed E-state index contributed by atoms with van der Waals surface area (Å²) in [5.41, 5.74) is 9.18. The van der Waals surface area contributed by atoms with Crippen molar-refractivity contribution in [3.8, 4) is 11.1 Å². The van der Waals surface area contributed by atoms with Gasteiger partial charge < -0.3 is 11.1 Å². The highest BCUT2D eigenvalue weighted by Crippen LogP contribution is 2.30. The molecule has 0 aliphatic carbocycles. The Hall–Kier alpha value is -3.58. The maximum atomic E-state index is 14.1. The molecule has 30 heavy (non-hydrogen) atoms. The molecule has 0 unspecified atom stereocenters. The van der Waals surface area contributed by atoms with Crippen molar-refractivity contribution >= 4 is 40.0 Å². The third kappa shape index (κ3) is 3.67. The molecule has 0 aliphatic rings. The zero-order valence-corrected chi connectivity index (χ0v) is 16.5. The minimum absolute atomic E-state index is 0.198. The summed E-state index contributed by atoms with van der Waals surface area (Å²) in [5, 5.41) is 2.73. The van der Waals surface area contributed by atoms with Crippen molar-refractivity contribution in [2.24, 2.45) is 0 Å². The summed E-state index contributed by atoms with van der Waals surface area (Å²) in [5.74, 6) is -2.56. The highest BCUT2D eigenvalue weighted by atomic mass is 35.5. The number of hydrogen-bond acceptors (Lipinski definition) is 4. The topological polar surface area (TPSA) is 80.9 Å². The van der Waals surface area contributed by atoms with Gasteiger partial charge in [-0.15, -0.1) is 0 Å². The first-order chi connectivity index (χ1) is 14.3. The average molecular weight is 425 g/mol. The van der Waals surface area contributed by atoms with E-state index in [0.29, 0.717) is 5.69 Å². The summed E-state index contributed by atoms with van der Waals surface area (Å²) in [6.07, 6.45) is 1.64. The van der Waals surface area contributed by atoms with Gasteiger partial charge >= 0.3 is 0 Å². The molecule has 0 saturated carbocycles. The molecule has 1 amide bonds. The van der Waals surface area contributed by atoms with Crippen molar-refractivity contribution in [1.29, 1.82) is 0 Å². The summed E-state index contributed by atoms with van der Waals surface area (Å²) in [4.78, 5) is 20.7. The van der Waals surface area contributed by atoms with E-state index >= 15 is 0 Å². The first-order valence-corrected chi connectivity index (χ1v) is 9.29. The van der Waals surface area contributed by atoms with Gasteiger partial charge in [-0.25, -0.2) is 18.7 Å². The van der Waals surface area contributed by atoms with Crippen LogP contribution in [0.1, 0.15) is 15.9 Å². The highest BCUT2D eigenvalue weighted by molar-refractivity contribution is 6.31. The molecule has 0 fully saturated rings. The number of carbonyl (C=O) groups is 1. The van der Waals surface area contributed by atoms with Crippen LogP contribution in [0, 0.1) is 18.6 Å². The quantitative estimate of drug-likeness (QED) is 0.433. The number of carbonyl (C=O) groups excluding carboxylic acids is 1. The predicted octanol–water partition coefficient (Wildman–Crippen LogP) is 5.37. The van der Waals surface area contributed by atoms with Gasteiger partial charge in [0.05, 0.1) is 11.1 Å². The molecule has 150 valence electrons. The van der Waals surface area contributed by atoms with E-state index in [0.717, 1.165) is 39.7 Å². The van der Waals surface area contributed by atoms with E-state index in [9.17, 15) is 13.6 Å². The maximum absolute atomic E-state index is 14.1. The molecule has 3 aromatic carbocycles. The summed E-state index contributed by atoms with van der Waals surface area (Å²) in [6.45, 7) is 1.93. The van der Waals surface area contributed by atoms with Crippen molar-refractivity contribution in [3.63, 3.8) is 0 Å². The molecule has 0 bridgehead atoms. The number of amides is 1. The Bertz CT molecular complexity index is 1310. The lowest BCUT2D eigenvalue weighted by Crippen LogP contribution is -2.14. The molecular weight excluding hydrogens is 410 g/mol. The third-order valence-corrected chi connectivity index (χ3v) is 5.03. The lowest BCUT2D eigenvalue weighted by molar-refractivity contribution is 0.102. The van der Waals surface area contributed by atoms with Gasteiger partial charge in [0.2, 0.25) is 5.95 Å². The second kappa shape index (κ2) is 7.68. The van der Waals surface area contributed by atoms with Crippen LogP contribution in [0.3, 0.4) is 0 Å². The van der Waals surface area contributed by atoms with Crippen molar-refractivity contribution in [2.75, 3.05) is 11.1 Å². The van der Waals surface area contributed by atoms with Crippen molar-refractivity contribution in [2.45, 2.75) is 6.92 Å². The van der Waals surface area contributed by atoms with E-state index < -0.39 is 22.6 Å². The lowest BCUT2D eigenvalue weighted by Gasteiger charge is -2.12. The maximum Gasteiger partial charge on any atom is 0.258 e. The minimum atomic E-state index is -1.10. The molecule has 1 aromatic heterocycles. The van der Waals surface area contributed by atoms with Crippen LogP contribution < -0.4 is 11.1 Å². The summed E-state index contributed by atoms with van der Waals surface area (Å²) in [7, 11) is 0. The van der Waals surface area contributed by atoms with E-state index in [1.54, 1.807) is 18.3 Å². The van der Waals surface area contributed by atoms with Gasteiger partial charge in [0, 0.05) is 17.3 Å². The molecule has 0 saturated heterocycles. The number of anilines is 2. The standard InChI is InChI=1S/C22H15ClF2N4O/c1-11-2-4-14(28-21(30)15-5-6-17(24)19(23)20(15)25)9-16(11)12-3-7-18-13(8-12)10-27-22(26)29-18/h2-10H,1H3,(H,28,30)(H2,26,27,29). The average Bonchev–Trinajstić information content (AvgIpc) is 2.73. The van der Waals surface area contributed by atoms with Gasteiger partial charge in [-0.2, -0.15) is 0 Å². The Balaban J connectivity index is 1.68. The van der Waals surface area contributed by atoms with Gasteiger partial charge in [-0.1, -0.05) is 23.7 Å². The highest BCUT2D eigenvalue weighted by Gasteiger charge is 2.18. The van der Waals surface area contributed by atoms with E-state index in [-0.39, 0.29) is 11.5 Å². The molecular formula is C22H15ClF2N4O. The van der Waals surface area contributed by atoms with Crippen LogP contribution in [0.2, 0.25) is 5.02 Å². The second-order valence-corrected chi connectivity index (χ2v) is 7.09. The number of aromatic nitrogens is 2. The Morgan fingerprint density at radius 1 is 1.10 bits per heavy atom. The number of halogens is 3. The molecule has 0 aliphatic heterocycles. The zero-order chi connectivity index (χ0) is 21.4. The number of fused-ring (bicyclic) bond motifs is 1. The van der Waals surface area contributed by atoms with Crippen LogP contribution in [0.4, 0.5) is 20.4 Å². The van der Waals surface area contributed by atoms with E-state index in [2.05, 4.69) is 15.3 Å². The van der Waals surface area contributed by atoms with Gasteiger partial charge in [-0.3, -0.25) is 4.79 Å². The van der Waals surface area contributed by atoms with Crippen LogP contribution >= 0.6 is 11.6 Å². The van der Waals surface area contributed by atoms with Gasteiger partial charge in [0.15, 0.2) is 5.82 Å². The van der Waals surface area contributed by atoms with Crippen LogP contribution in [0.15, 0.2) is 54.7 Å². The number of nitrogens with two attached hydrogens (primary N) is 1. The number of nitrogens with one attached hydrogen (secondary N) is 1. The second-order valence-electron chi connectivity index (χ2n) is 6.71. The monoisotopic (exact) mass is 424 g/mol. The first kappa shape index (κ1) is 19.7. The van der Waals surface area contributed by atoms with Gasteiger partial charge in [0.1, 0.15) is 10.8 Å². The summed E-state index contributed by atoms with van der Waals surface area (Å²) >= 11 is 5.57. The number of rotatable bonds is 3. The number of hydrogen-bond donors (Lipinski definition) is 2. The fourth-order valence-corrected chi connectivity index (χ4v) is 3.29. The van der Waals surface area contributed by atoms with Crippen molar-refractivity contribution in [1.82, 2.24) is 9.97 Å². The number of nitrogens with zero attached hydrogens (tertiary/aromatic N) is 2. The minimum Gasteiger partial charge on any atom is -0.368 e. The summed E-state index contributed by atoms with van der Waals surface area (Å²) in [6, 6.07) is 13.0. The third-order valence-electron chi connectivity index (χ3n) is 4.68. The van der Waals surface area contributed by atoms with E-state index in [1.807, 2.05) is 31.2 Å². The smallest absolute Gasteiger partial charge is 0.258 e. The molecule has 4 rings (SSSR count). The largest absolute Gasteiger partial charge is 0.368 e. The van der Waals surface area contributed by atoms with Crippen molar-refractivity contribution in [3.05, 3.63) is 82.5 Å². The van der Waals surface area contributed by atoms with Gasteiger partial charge in [-0.05, 0) is 60.0 Å². The van der Waals surface area contributed by atoms with E-state index in [4.69, 9.17) is 17.3 Å². The first-order valence-electron chi connectivity index (χ1n) is 8.91. The lowest BCUT2D eigenvalue weighted by atomic mass is 9.98. The predicted molar refractivity (Wildman–Crippen MR) is 113 cm³/mol. The number of benzene rings is 3. The normalized spacial score (nSPS) is 10.9. The van der Waals surface area contributed by atoms with Crippen LogP contribution in [0.5, 0.6) is 0 Å². The Morgan fingerprint density at radius 2 is 1.90 bits per heavy atom. The molecule has 4 aromatic rings. The fourth-order valence-electron chi connectivity index (χ4n) is 3.13. The fraction of sp³-hybridized carbons (Fsp3) is 0.0455. The Kier molecular flexibility index (Phi) is 5.05. The summed E-state index contributed by atoms with van der Waals surface area (Å²) < 4.78 is 27.5. The van der Waals surface area contributed by atoms with Crippen molar-refractivity contribution < 1.29 is 13.6 Å². The SMILES string of the molecule is Cc1ccc(NC(=O)c2ccc(F)c(Cl)c2F)cc1-c1ccc2nc(N)ncc2c1. The van der Waals surface area contributed by atoms with Gasteiger partial charge in [0.25, 0.3) is 5.91 Å². The zero-order valence-electron chi connectivity index (χ0n) is 15.7. The van der Waals surface area contributed by atoms with Crippen LogP contribution in [0.25, 0.3) is 22.0 Å². The Morgan fingerprint density at radius 3 is 2.70 bits per heavy atom. The molecule has 5 nitrogen and oxygen atoms in total. The Labute approximate surface area is 175 Å². The molecule has 0 radical (unpaired) electrons. The molecule has 1 heterocycles. The molecule has 8 heteroatoms. The number of nitrogen functional groups attached to an aromatic ring is 1. The van der Waals surface area contributed by atoms with Crippen LogP contribution in [-0.4, -0.2) is 15.9 Å². The molecule has 0 spiro atoms. The van der Waals surface area contributed by atoms with Crippen LogP contribution in [-0.2, 0) is 0 Å². The number of aryl methyl sites for hydroxylation is 1. The molecule has 3 N–H and O–H groups in total. The van der Waals surface area contributed by atoms with E-state index in [1.165, 1.54) is 0 Å². The molecule has 0 atom stereocenters.